The fourth-order valence-corrected chi connectivity index (χ4v) is 2.46. The van der Waals surface area contributed by atoms with Gasteiger partial charge in [-0.15, -0.1) is 0 Å². The summed E-state index contributed by atoms with van der Waals surface area (Å²) in [7, 11) is 0. The van der Waals surface area contributed by atoms with E-state index in [1.165, 1.54) is 0 Å². The Hall–Kier alpha value is 0.170. The maximum absolute atomic E-state index is 12.1. The van der Waals surface area contributed by atoms with E-state index in [0.717, 1.165) is 25.7 Å². The van der Waals surface area contributed by atoms with Crippen molar-refractivity contribution in [2.45, 2.75) is 65.0 Å². The molecule has 0 heterocycles. The van der Waals surface area contributed by atoms with E-state index in [0.29, 0.717) is 24.6 Å². The molecule has 0 aliphatic carbocycles. The molecule has 0 aromatic rings. The summed E-state index contributed by atoms with van der Waals surface area (Å²) in [6.07, 6.45) is 3.35. The molecule has 0 aliphatic rings. The third-order valence-corrected chi connectivity index (χ3v) is 4.77. The topological polar surface area (TPSA) is 94.1 Å². The summed E-state index contributed by atoms with van der Waals surface area (Å²) in [5, 5.41) is 12.2. The predicted octanol–water partition coefficient (Wildman–Crippen LogP) is -0.420. The van der Waals surface area contributed by atoms with Crippen LogP contribution in [0.2, 0.25) is 0 Å². The Morgan fingerprint density at radius 3 is 1.84 bits per heavy atom. The van der Waals surface area contributed by atoms with Crippen LogP contribution in [0.1, 0.15) is 59.8 Å². The van der Waals surface area contributed by atoms with E-state index >= 15 is 0 Å². The quantitative estimate of drug-likeness (QED) is 0.130. The standard InChI is InChI=1S/C16H30O7S.Na/c1-5-12(6-2)10-20-15(17)9-14(24-23-22-19)16(18)21-11-13(7-3)8-4;/h12-14,19H,5-11H2,1-4H3;/q;+1/p-1. The first-order valence-electron chi connectivity index (χ1n) is 8.46. The Kier molecular flexibility index (Phi) is 19.3. The van der Waals surface area contributed by atoms with Gasteiger partial charge in [-0.05, 0) is 11.8 Å². The Labute approximate surface area is 176 Å². The van der Waals surface area contributed by atoms with Crippen molar-refractivity contribution in [3.05, 3.63) is 0 Å². The molecule has 0 spiro atoms. The summed E-state index contributed by atoms with van der Waals surface area (Å²) >= 11 is 0.461. The molecule has 0 rings (SSSR count). The Morgan fingerprint density at radius 2 is 1.40 bits per heavy atom. The van der Waals surface area contributed by atoms with Crippen molar-refractivity contribution in [1.29, 1.82) is 0 Å². The predicted molar refractivity (Wildman–Crippen MR) is 88.2 cm³/mol. The fraction of sp³-hybridized carbons (Fsp3) is 0.875. The number of esters is 2. The number of rotatable bonds is 14. The van der Waals surface area contributed by atoms with Gasteiger partial charge in [0.25, 0.3) is 0 Å². The summed E-state index contributed by atoms with van der Waals surface area (Å²) in [5.74, 6) is -0.599. The molecule has 0 saturated carbocycles. The van der Waals surface area contributed by atoms with Gasteiger partial charge in [0, 0.05) is 12.0 Å². The van der Waals surface area contributed by atoms with Crippen LogP contribution in [-0.4, -0.2) is 30.4 Å². The number of carbonyl (C=O) groups excluding carboxylic acids is 2. The van der Waals surface area contributed by atoms with Crippen molar-refractivity contribution in [3.63, 3.8) is 0 Å². The van der Waals surface area contributed by atoms with Crippen LogP contribution >= 0.6 is 12.0 Å². The van der Waals surface area contributed by atoms with Crippen molar-refractivity contribution in [1.82, 2.24) is 0 Å². The molecule has 0 bridgehead atoms. The molecule has 0 N–H and O–H groups in total. The molecule has 1 unspecified atom stereocenters. The van der Waals surface area contributed by atoms with Gasteiger partial charge in [-0.2, -0.15) is 4.33 Å². The normalized spacial score (nSPS) is 12.0. The largest absolute Gasteiger partial charge is 1.00 e. The van der Waals surface area contributed by atoms with Crippen LogP contribution in [0.3, 0.4) is 0 Å². The molecular formula is C16H29NaO7S. The van der Waals surface area contributed by atoms with E-state index in [4.69, 9.17) is 9.47 Å². The maximum atomic E-state index is 12.1. The molecule has 0 fully saturated rings. The smallest absolute Gasteiger partial charge is 0.691 e. The third kappa shape index (κ3) is 13.1. The molecule has 0 amide bonds. The van der Waals surface area contributed by atoms with Gasteiger partial charge in [-0.25, -0.2) is 0 Å². The first-order chi connectivity index (χ1) is 11.5. The average molecular weight is 388 g/mol. The zero-order valence-corrected chi connectivity index (χ0v) is 18.8. The van der Waals surface area contributed by atoms with Crippen LogP contribution in [0, 0.1) is 11.8 Å². The Morgan fingerprint density at radius 1 is 0.920 bits per heavy atom. The molecule has 142 valence electrons. The van der Waals surface area contributed by atoms with Crippen molar-refractivity contribution in [3.8, 4) is 0 Å². The molecule has 1 atom stereocenters. The van der Waals surface area contributed by atoms with Crippen molar-refractivity contribution >= 4 is 24.0 Å². The maximum Gasteiger partial charge on any atom is 1.00 e. The summed E-state index contributed by atoms with van der Waals surface area (Å²) in [5.41, 5.74) is 0. The molecule has 9 heteroatoms. The second kappa shape index (κ2) is 17.6. The van der Waals surface area contributed by atoms with E-state index < -0.39 is 17.2 Å². The van der Waals surface area contributed by atoms with E-state index in [9.17, 15) is 14.8 Å². The third-order valence-electron chi connectivity index (χ3n) is 4.05. The number of carbonyl (C=O) groups is 2. The zero-order chi connectivity index (χ0) is 18.4. The minimum atomic E-state index is -0.998. The molecule has 25 heavy (non-hydrogen) atoms. The van der Waals surface area contributed by atoms with Gasteiger partial charge in [0.1, 0.15) is 5.25 Å². The Bertz CT molecular complexity index is 349. The molecule has 7 nitrogen and oxygen atoms in total. The summed E-state index contributed by atoms with van der Waals surface area (Å²) in [6.45, 7) is 8.65. The van der Waals surface area contributed by atoms with Crippen LogP contribution in [0.15, 0.2) is 0 Å². The van der Waals surface area contributed by atoms with E-state index in [1.54, 1.807) is 0 Å². The van der Waals surface area contributed by atoms with Gasteiger partial charge < -0.3 is 14.7 Å². The minimum Gasteiger partial charge on any atom is -0.691 e. The van der Waals surface area contributed by atoms with Crippen LogP contribution in [0.5, 0.6) is 0 Å². The second-order valence-corrected chi connectivity index (χ2v) is 6.50. The van der Waals surface area contributed by atoms with Gasteiger partial charge in [0.2, 0.25) is 0 Å². The number of hydrogen-bond acceptors (Lipinski definition) is 8. The first-order valence-corrected chi connectivity index (χ1v) is 9.26. The van der Waals surface area contributed by atoms with Crippen molar-refractivity contribution in [2.75, 3.05) is 13.2 Å². The van der Waals surface area contributed by atoms with E-state index in [2.05, 4.69) is 9.37 Å². The molecule has 0 aliphatic heterocycles. The van der Waals surface area contributed by atoms with Crippen molar-refractivity contribution < 1.29 is 63.2 Å². The van der Waals surface area contributed by atoms with Gasteiger partial charge in [0.15, 0.2) is 0 Å². The molecule has 0 aromatic heterocycles. The minimum absolute atomic E-state index is 0. The molecule has 0 radical (unpaired) electrons. The van der Waals surface area contributed by atoms with Gasteiger partial charge >= 0.3 is 41.5 Å². The van der Waals surface area contributed by atoms with Crippen LogP contribution in [0.4, 0.5) is 0 Å². The average Bonchev–Trinajstić information content (AvgIpc) is 2.60. The number of ether oxygens (including phenoxy) is 2. The van der Waals surface area contributed by atoms with E-state index in [1.807, 2.05) is 27.7 Å². The van der Waals surface area contributed by atoms with Crippen LogP contribution < -0.4 is 34.8 Å². The zero-order valence-electron chi connectivity index (χ0n) is 15.9. The number of hydrogen-bond donors (Lipinski definition) is 0. The van der Waals surface area contributed by atoms with Gasteiger partial charge in [0.05, 0.1) is 19.6 Å². The monoisotopic (exact) mass is 388 g/mol. The summed E-state index contributed by atoms with van der Waals surface area (Å²) in [6, 6.07) is 0. The molecule has 0 saturated heterocycles. The van der Waals surface area contributed by atoms with Gasteiger partial charge in [-0.3, -0.25) is 14.6 Å². The molecule has 0 aromatic carbocycles. The van der Waals surface area contributed by atoms with E-state index in [-0.39, 0.29) is 48.5 Å². The Balaban J connectivity index is 0. The SMILES string of the molecule is CCC(CC)COC(=O)CC(SOO[O-])C(=O)OCC(CC)CC.[Na+]. The van der Waals surface area contributed by atoms with Gasteiger partial charge in [-0.1, -0.05) is 53.4 Å². The van der Waals surface area contributed by atoms with Crippen LogP contribution in [0.25, 0.3) is 0 Å². The first kappa shape index (κ1) is 27.4. The van der Waals surface area contributed by atoms with Crippen LogP contribution in [-0.2, 0) is 28.4 Å². The second-order valence-electron chi connectivity index (χ2n) is 5.60. The van der Waals surface area contributed by atoms with Crippen molar-refractivity contribution in [2.24, 2.45) is 11.8 Å². The fourth-order valence-electron chi connectivity index (χ4n) is 1.98. The summed E-state index contributed by atoms with van der Waals surface area (Å²) < 4.78 is 14.6. The molecular weight excluding hydrogens is 359 g/mol. The summed E-state index contributed by atoms with van der Waals surface area (Å²) in [4.78, 5) is 24.0.